The topological polar surface area (TPSA) is 21.3 Å². The number of aromatic nitrogens is 1. The van der Waals surface area contributed by atoms with Gasteiger partial charge in [0, 0.05) is 75.5 Å². The van der Waals surface area contributed by atoms with Crippen LogP contribution in [-0.4, -0.2) is 4.57 Å². The summed E-state index contributed by atoms with van der Waals surface area (Å²) in [6.45, 7) is 0. The Morgan fingerprint density at radius 1 is 0.353 bits per heavy atom. The van der Waals surface area contributed by atoms with Crippen molar-refractivity contribution in [3.63, 3.8) is 0 Å². The van der Waals surface area contributed by atoms with Crippen LogP contribution < -0.4 is 4.90 Å². The van der Waals surface area contributed by atoms with E-state index in [0.717, 1.165) is 55.8 Å². The second-order valence-electron chi connectivity index (χ2n) is 17.6. The molecule has 3 aromatic heterocycles. The largest absolute Gasteiger partial charge is 0.455 e. The first-order valence-electron chi connectivity index (χ1n) is 23.2. The van der Waals surface area contributed by atoms with E-state index in [-0.39, 0.29) is 0 Å². The third-order valence-electron chi connectivity index (χ3n) is 13.8. The van der Waals surface area contributed by atoms with Crippen molar-refractivity contribution in [2.45, 2.75) is 0 Å². The molecule has 3 heterocycles. The van der Waals surface area contributed by atoms with Crippen molar-refractivity contribution in [3.8, 4) is 39.1 Å². The molecule has 3 nitrogen and oxygen atoms in total. The van der Waals surface area contributed by atoms with E-state index in [4.69, 9.17) is 4.42 Å². The summed E-state index contributed by atoms with van der Waals surface area (Å²) in [6.07, 6.45) is 0. The molecule has 0 unspecified atom stereocenters. The van der Waals surface area contributed by atoms with Crippen molar-refractivity contribution < 1.29 is 4.42 Å². The highest BCUT2D eigenvalue weighted by atomic mass is 32.1. The monoisotopic (exact) mass is 884 g/mol. The van der Waals surface area contributed by atoms with Gasteiger partial charge in [0.2, 0.25) is 0 Å². The fourth-order valence-corrected chi connectivity index (χ4v) is 11.8. The van der Waals surface area contributed by atoms with Gasteiger partial charge in [0.25, 0.3) is 0 Å². The van der Waals surface area contributed by atoms with Gasteiger partial charge in [0.05, 0.1) is 16.7 Å². The zero-order valence-corrected chi connectivity index (χ0v) is 37.6. The Kier molecular flexibility index (Phi) is 8.76. The van der Waals surface area contributed by atoms with E-state index in [9.17, 15) is 0 Å². The quantitative estimate of drug-likeness (QED) is 0.159. The maximum Gasteiger partial charge on any atom is 0.143 e. The number of hydrogen-bond acceptors (Lipinski definition) is 3. The number of nitrogens with zero attached hydrogens (tertiary/aromatic N) is 2. The maximum absolute atomic E-state index is 6.52. The number of thiophene rings is 1. The van der Waals surface area contributed by atoms with Crippen molar-refractivity contribution >= 4 is 103 Å². The average molecular weight is 885 g/mol. The van der Waals surface area contributed by atoms with Crippen LogP contribution in [-0.2, 0) is 0 Å². The van der Waals surface area contributed by atoms with Gasteiger partial charge in [-0.3, -0.25) is 0 Å². The lowest BCUT2D eigenvalue weighted by molar-refractivity contribution is 0.670. The Labute approximate surface area is 396 Å². The molecule has 68 heavy (non-hydrogen) atoms. The van der Waals surface area contributed by atoms with E-state index in [1.165, 1.54) is 75.0 Å². The molecule has 0 aliphatic heterocycles. The minimum absolute atomic E-state index is 0.900. The van der Waals surface area contributed by atoms with Gasteiger partial charge in [0.1, 0.15) is 11.2 Å². The summed E-state index contributed by atoms with van der Waals surface area (Å²) in [6, 6.07) is 88.3. The SMILES string of the molecule is c1ccc(-n2c3ccccc3c3ccccc32)c(-c2cc(N(c3ccc(-c4ccc5ccccc5c4)cc3)c3ccc(-c4cccc5c4oc4ccccc45)cc3)cc3c2sc2ccccc23)c1. The highest BCUT2D eigenvalue weighted by Gasteiger charge is 2.22. The predicted octanol–water partition coefficient (Wildman–Crippen LogP) is 18.7. The Bertz CT molecular complexity index is 4210. The van der Waals surface area contributed by atoms with Crippen LogP contribution in [0.3, 0.4) is 0 Å². The molecule has 0 fully saturated rings. The van der Waals surface area contributed by atoms with Crippen LogP contribution in [0.15, 0.2) is 247 Å². The number of rotatable bonds is 7. The number of para-hydroxylation sites is 5. The van der Waals surface area contributed by atoms with Gasteiger partial charge in [0.15, 0.2) is 0 Å². The number of benzene rings is 11. The minimum atomic E-state index is 0.900. The first-order valence-corrected chi connectivity index (χ1v) is 24.0. The van der Waals surface area contributed by atoms with Crippen LogP contribution in [0.4, 0.5) is 17.1 Å². The molecule has 11 aromatic carbocycles. The molecule has 0 radical (unpaired) electrons. The van der Waals surface area contributed by atoms with Gasteiger partial charge in [-0.15, -0.1) is 11.3 Å². The highest BCUT2D eigenvalue weighted by Crippen LogP contribution is 2.48. The highest BCUT2D eigenvalue weighted by molar-refractivity contribution is 7.26. The molecule has 318 valence electrons. The second-order valence-corrected chi connectivity index (χ2v) is 18.7. The molecule has 0 bridgehead atoms. The van der Waals surface area contributed by atoms with Gasteiger partial charge >= 0.3 is 0 Å². The average Bonchev–Trinajstić information content (AvgIpc) is 4.09. The summed E-state index contributed by atoms with van der Waals surface area (Å²) in [5.41, 5.74) is 15.5. The smallest absolute Gasteiger partial charge is 0.143 e. The fourth-order valence-electron chi connectivity index (χ4n) is 10.6. The van der Waals surface area contributed by atoms with Crippen molar-refractivity contribution in [2.75, 3.05) is 4.90 Å². The summed E-state index contributed by atoms with van der Waals surface area (Å²) in [5.74, 6) is 0. The molecule has 0 aliphatic carbocycles. The summed E-state index contributed by atoms with van der Waals surface area (Å²) >= 11 is 1.87. The lowest BCUT2D eigenvalue weighted by Crippen LogP contribution is -2.10. The Balaban J connectivity index is 0.984. The first kappa shape index (κ1) is 38.6. The lowest BCUT2D eigenvalue weighted by Gasteiger charge is -2.27. The molecule has 0 amide bonds. The molecule has 14 aromatic rings. The Morgan fingerprint density at radius 2 is 0.941 bits per heavy atom. The zero-order chi connectivity index (χ0) is 44.7. The van der Waals surface area contributed by atoms with Gasteiger partial charge in [-0.1, -0.05) is 170 Å². The summed E-state index contributed by atoms with van der Waals surface area (Å²) in [7, 11) is 0. The molecule has 14 rings (SSSR count). The van der Waals surface area contributed by atoms with E-state index in [1.54, 1.807) is 0 Å². The number of anilines is 3. The second kappa shape index (κ2) is 15.5. The van der Waals surface area contributed by atoms with Crippen molar-refractivity contribution in [1.29, 1.82) is 0 Å². The minimum Gasteiger partial charge on any atom is -0.455 e. The van der Waals surface area contributed by atoms with Gasteiger partial charge < -0.3 is 13.9 Å². The fraction of sp³-hybridized carbons (Fsp3) is 0. The molecule has 0 saturated heterocycles. The van der Waals surface area contributed by atoms with Crippen molar-refractivity contribution in [2.24, 2.45) is 0 Å². The molecule has 0 N–H and O–H groups in total. The lowest BCUT2D eigenvalue weighted by atomic mass is 9.98. The standard InChI is InChI=1S/C64H40N2OS/c1-2-15-44-38-45(29-28-41(44)14-1)42-30-34-46(35-31-42)65(47-36-32-43(33-37-47)49-21-13-22-55-53-19-6-11-26-61(53)67-63(49)55)48-39-56(64-57(40-48)54-20-7-12-27-62(54)68-64)52-18-5-10-25-60(52)66-58-23-8-3-16-50(58)51-17-4-9-24-59(51)66/h1-40H. The van der Waals surface area contributed by atoms with E-state index < -0.39 is 0 Å². The van der Waals surface area contributed by atoms with Crippen LogP contribution in [0, 0.1) is 0 Å². The van der Waals surface area contributed by atoms with E-state index in [0.29, 0.717) is 0 Å². The van der Waals surface area contributed by atoms with E-state index in [1.807, 2.05) is 17.4 Å². The summed E-state index contributed by atoms with van der Waals surface area (Å²) in [5, 5.41) is 9.72. The summed E-state index contributed by atoms with van der Waals surface area (Å²) < 4.78 is 11.5. The van der Waals surface area contributed by atoms with Crippen LogP contribution in [0.5, 0.6) is 0 Å². The molecular weight excluding hydrogens is 845 g/mol. The molecule has 4 heteroatoms. The molecular formula is C64H40N2OS. The molecule has 0 spiro atoms. The molecule has 0 saturated carbocycles. The van der Waals surface area contributed by atoms with Crippen LogP contribution in [0.1, 0.15) is 0 Å². The molecule has 0 aliphatic rings. The Hall–Kier alpha value is -8.70. The predicted molar refractivity (Wildman–Crippen MR) is 289 cm³/mol. The van der Waals surface area contributed by atoms with Crippen molar-refractivity contribution in [1.82, 2.24) is 4.57 Å². The normalized spacial score (nSPS) is 11.8. The molecule has 0 atom stereocenters. The number of fused-ring (bicyclic) bond motifs is 10. The van der Waals surface area contributed by atoms with Crippen LogP contribution in [0.2, 0.25) is 0 Å². The van der Waals surface area contributed by atoms with Crippen molar-refractivity contribution in [3.05, 3.63) is 243 Å². The number of furan rings is 1. The van der Waals surface area contributed by atoms with Crippen LogP contribution >= 0.6 is 11.3 Å². The van der Waals surface area contributed by atoms with Gasteiger partial charge in [-0.05, 0) is 100 Å². The third kappa shape index (κ3) is 6.12. The third-order valence-corrected chi connectivity index (χ3v) is 15.0. The number of hydrogen-bond donors (Lipinski definition) is 0. The Morgan fingerprint density at radius 3 is 1.72 bits per heavy atom. The van der Waals surface area contributed by atoms with Gasteiger partial charge in [-0.2, -0.15) is 0 Å². The summed E-state index contributed by atoms with van der Waals surface area (Å²) in [4.78, 5) is 2.42. The van der Waals surface area contributed by atoms with E-state index >= 15 is 0 Å². The maximum atomic E-state index is 6.52. The van der Waals surface area contributed by atoms with Crippen LogP contribution in [0.25, 0.3) is 114 Å². The first-order chi connectivity index (χ1) is 33.7. The van der Waals surface area contributed by atoms with E-state index in [2.05, 4.69) is 246 Å². The zero-order valence-electron chi connectivity index (χ0n) is 36.8. The van der Waals surface area contributed by atoms with Gasteiger partial charge in [-0.25, -0.2) is 0 Å².